The van der Waals surface area contributed by atoms with Crippen LogP contribution in [-0.2, 0) is 4.74 Å². The predicted octanol–water partition coefficient (Wildman–Crippen LogP) is 6.24. The molecular formula is C17H34O. The molecule has 0 saturated carbocycles. The van der Waals surface area contributed by atoms with Gasteiger partial charge in [0.15, 0.2) is 0 Å². The molecule has 0 saturated heterocycles. The molecule has 0 aromatic rings. The van der Waals surface area contributed by atoms with Crippen molar-refractivity contribution in [1.29, 1.82) is 0 Å². The molecule has 1 heteroatoms. The van der Waals surface area contributed by atoms with E-state index in [2.05, 4.69) is 13.0 Å². The summed E-state index contributed by atoms with van der Waals surface area (Å²) in [4.78, 5) is 0. The fraction of sp³-hybridized carbons (Fsp3) is 0.882. The summed E-state index contributed by atoms with van der Waals surface area (Å²) in [6, 6.07) is 0. The first-order valence-corrected chi connectivity index (χ1v) is 8.18. The number of unbranched alkanes of at least 4 members (excludes halogenated alkanes) is 11. The molecule has 0 aromatic heterocycles. The molecule has 0 N–H and O–H groups in total. The van der Waals surface area contributed by atoms with Crippen molar-refractivity contribution in [1.82, 2.24) is 0 Å². The van der Waals surface area contributed by atoms with Crippen LogP contribution in [0.3, 0.4) is 0 Å². The third-order valence-electron chi connectivity index (χ3n) is 3.33. The molecule has 0 fully saturated rings. The molecule has 0 aliphatic carbocycles. The van der Waals surface area contributed by atoms with Crippen LogP contribution in [0.15, 0.2) is 12.3 Å². The third-order valence-corrected chi connectivity index (χ3v) is 3.33. The highest BCUT2D eigenvalue weighted by atomic mass is 16.5. The Morgan fingerprint density at radius 2 is 1.17 bits per heavy atom. The van der Waals surface area contributed by atoms with Gasteiger partial charge in [-0.1, -0.05) is 71.1 Å². The zero-order valence-corrected chi connectivity index (χ0v) is 12.8. The molecule has 108 valence electrons. The summed E-state index contributed by atoms with van der Waals surface area (Å²) in [6.45, 7) is 5.09. The molecule has 0 bridgehead atoms. The van der Waals surface area contributed by atoms with E-state index < -0.39 is 0 Å². The highest BCUT2D eigenvalue weighted by Gasteiger charge is 1.92. The molecule has 0 aromatic carbocycles. The van der Waals surface area contributed by atoms with Crippen LogP contribution < -0.4 is 0 Å². The van der Waals surface area contributed by atoms with E-state index in [1.54, 1.807) is 0 Å². The van der Waals surface area contributed by atoms with Crippen molar-refractivity contribution < 1.29 is 4.74 Å². The molecule has 0 radical (unpaired) electrons. The number of rotatable bonds is 14. The number of hydrogen-bond acceptors (Lipinski definition) is 1. The minimum absolute atomic E-state index is 0.786. The Labute approximate surface area is 115 Å². The van der Waals surface area contributed by atoms with Crippen molar-refractivity contribution in [2.75, 3.05) is 6.61 Å². The van der Waals surface area contributed by atoms with Gasteiger partial charge in [0.1, 0.15) is 0 Å². The van der Waals surface area contributed by atoms with Crippen LogP contribution in [0.25, 0.3) is 0 Å². The van der Waals surface area contributed by atoms with Crippen molar-refractivity contribution in [3.05, 3.63) is 12.3 Å². The second kappa shape index (κ2) is 16.5. The van der Waals surface area contributed by atoms with E-state index in [1.807, 2.05) is 13.2 Å². The molecule has 0 atom stereocenters. The Morgan fingerprint density at radius 1 is 0.667 bits per heavy atom. The summed E-state index contributed by atoms with van der Waals surface area (Å²) >= 11 is 0. The summed E-state index contributed by atoms with van der Waals surface area (Å²) in [5.41, 5.74) is 0. The molecule has 0 amide bonds. The lowest BCUT2D eigenvalue weighted by atomic mass is 10.1. The van der Waals surface area contributed by atoms with E-state index in [1.165, 1.54) is 77.0 Å². The molecule has 0 rings (SSSR count). The molecule has 0 spiro atoms. The monoisotopic (exact) mass is 254 g/mol. The summed E-state index contributed by atoms with van der Waals surface area (Å²) < 4.78 is 5.15. The maximum atomic E-state index is 5.15. The van der Waals surface area contributed by atoms with Gasteiger partial charge < -0.3 is 4.74 Å². The van der Waals surface area contributed by atoms with Crippen LogP contribution >= 0.6 is 0 Å². The normalized spacial score (nSPS) is 11.2. The van der Waals surface area contributed by atoms with Gasteiger partial charge in [0.05, 0.1) is 12.9 Å². The summed E-state index contributed by atoms with van der Waals surface area (Å²) in [5.74, 6) is 0. The van der Waals surface area contributed by atoms with E-state index >= 15 is 0 Å². The zero-order chi connectivity index (χ0) is 13.3. The highest BCUT2D eigenvalue weighted by Crippen LogP contribution is 2.11. The molecule has 0 unspecified atom stereocenters. The topological polar surface area (TPSA) is 9.23 Å². The lowest BCUT2D eigenvalue weighted by Crippen LogP contribution is -1.82. The van der Waals surface area contributed by atoms with Crippen LogP contribution in [0.2, 0.25) is 0 Å². The van der Waals surface area contributed by atoms with Crippen molar-refractivity contribution >= 4 is 0 Å². The predicted molar refractivity (Wildman–Crippen MR) is 81.8 cm³/mol. The second-order valence-electron chi connectivity index (χ2n) is 5.15. The first-order valence-electron chi connectivity index (χ1n) is 8.18. The maximum absolute atomic E-state index is 5.15. The van der Waals surface area contributed by atoms with Crippen LogP contribution in [-0.4, -0.2) is 6.61 Å². The average Bonchev–Trinajstić information content (AvgIpc) is 2.39. The van der Waals surface area contributed by atoms with Gasteiger partial charge in [-0.3, -0.25) is 0 Å². The van der Waals surface area contributed by atoms with Crippen LogP contribution in [0.1, 0.15) is 90.9 Å². The standard InChI is InChI=1S/C17H34O/c1-3-5-6-7-8-9-10-11-12-13-14-15-16-17-18-4-2/h16-17H,3-15H2,1-2H3/b17-16+. The first-order chi connectivity index (χ1) is 8.91. The van der Waals surface area contributed by atoms with E-state index in [0.29, 0.717) is 0 Å². The van der Waals surface area contributed by atoms with Gasteiger partial charge in [-0.2, -0.15) is 0 Å². The minimum atomic E-state index is 0.786. The van der Waals surface area contributed by atoms with E-state index in [0.717, 1.165) is 6.61 Å². The van der Waals surface area contributed by atoms with Crippen molar-refractivity contribution in [3.63, 3.8) is 0 Å². The van der Waals surface area contributed by atoms with Crippen LogP contribution in [0, 0.1) is 0 Å². The molecule has 0 aliphatic heterocycles. The molecule has 0 heterocycles. The van der Waals surface area contributed by atoms with Crippen molar-refractivity contribution in [2.24, 2.45) is 0 Å². The fourth-order valence-electron chi connectivity index (χ4n) is 2.16. The molecule has 1 nitrogen and oxygen atoms in total. The summed E-state index contributed by atoms with van der Waals surface area (Å²) in [5, 5.41) is 0. The average molecular weight is 254 g/mol. The minimum Gasteiger partial charge on any atom is -0.502 e. The maximum Gasteiger partial charge on any atom is 0.0845 e. The fourth-order valence-corrected chi connectivity index (χ4v) is 2.16. The number of allylic oxidation sites excluding steroid dienone is 1. The Balaban J connectivity index is 2.94. The lowest BCUT2D eigenvalue weighted by molar-refractivity contribution is 0.268. The van der Waals surface area contributed by atoms with Gasteiger partial charge >= 0.3 is 0 Å². The van der Waals surface area contributed by atoms with Gasteiger partial charge in [0.2, 0.25) is 0 Å². The Kier molecular flexibility index (Phi) is 16.1. The quantitative estimate of drug-likeness (QED) is 0.263. The SMILES string of the molecule is CCCCCCCCCCCCC/C=C/OCC. The second-order valence-corrected chi connectivity index (χ2v) is 5.15. The van der Waals surface area contributed by atoms with Gasteiger partial charge in [-0.15, -0.1) is 0 Å². The Hall–Kier alpha value is -0.460. The largest absolute Gasteiger partial charge is 0.502 e. The van der Waals surface area contributed by atoms with Gasteiger partial charge in [-0.25, -0.2) is 0 Å². The van der Waals surface area contributed by atoms with E-state index in [9.17, 15) is 0 Å². The smallest absolute Gasteiger partial charge is 0.0845 e. The lowest BCUT2D eigenvalue weighted by Gasteiger charge is -2.01. The van der Waals surface area contributed by atoms with Crippen LogP contribution in [0.4, 0.5) is 0 Å². The highest BCUT2D eigenvalue weighted by molar-refractivity contribution is 4.72. The summed E-state index contributed by atoms with van der Waals surface area (Å²) in [6.07, 6.45) is 20.8. The van der Waals surface area contributed by atoms with Gasteiger partial charge in [0, 0.05) is 0 Å². The molecule has 0 aliphatic rings. The number of hydrogen-bond donors (Lipinski definition) is 0. The van der Waals surface area contributed by atoms with E-state index in [4.69, 9.17) is 4.74 Å². The van der Waals surface area contributed by atoms with Gasteiger partial charge in [0.25, 0.3) is 0 Å². The van der Waals surface area contributed by atoms with Crippen molar-refractivity contribution in [3.8, 4) is 0 Å². The van der Waals surface area contributed by atoms with Crippen molar-refractivity contribution in [2.45, 2.75) is 90.9 Å². The molecule has 18 heavy (non-hydrogen) atoms. The van der Waals surface area contributed by atoms with Crippen LogP contribution in [0.5, 0.6) is 0 Å². The Bertz CT molecular complexity index is 163. The summed E-state index contributed by atoms with van der Waals surface area (Å²) in [7, 11) is 0. The third kappa shape index (κ3) is 15.5. The zero-order valence-electron chi connectivity index (χ0n) is 12.8. The first kappa shape index (κ1) is 17.5. The Morgan fingerprint density at radius 3 is 1.67 bits per heavy atom. The van der Waals surface area contributed by atoms with E-state index in [-0.39, 0.29) is 0 Å². The van der Waals surface area contributed by atoms with Gasteiger partial charge in [-0.05, 0) is 25.8 Å². The molecular weight excluding hydrogens is 220 g/mol. The number of ether oxygens (including phenoxy) is 1.